The van der Waals surface area contributed by atoms with Crippen LogP contribution in [0, 0.1) is 0 Å². The molecule has 1 N–H and O–H groups in total. The van der Waals surface area contributed by atoms with Crippen LogP contribution in [-0.4, -0.2) is 31.1 Å². The fourth-order valence-electron chi connectivity index (χ4n) is 2.23. The Hall–Kier alpha value is -0.490. The van der Waals surface area contributed by atoms with Crippen molar-refractivity contribution in [2.24, 2.45) is 0 Å². The highest BCUT2D eigenvalue weighted by molar-refractivity contribution is 5.85. The lowest BCUT2D eigenvalue weighted by atomic mass is 10.0. The van der Waals surface area contributed by atoms with Gasteiger partial charge in [-0.2, -0.15) is 13.2 Å². The van der Waals surface area contributed by atoms with E-state index in [9.17, 15) is 13.2 Å². The molecule has 0 saturated carbocycles. The maximum atomic E-state index is 12.5. The minimum absolute atomic E-state index is 0. The molecule has 1 heterocycles. The zero-order valence-corrected chi connectivity index (χ0v) is 12.7. The van der Waals surface area contributed by atoms with E-state index < -0.39 is 11.7 Å². The van der Waals surface area contributed by atoms with Gasteiger partial charge in [0.2, 0.25) is 0 Å². The molecule has 1 aliphatic rings. The summed E-state index contributed by atoms with van der Waals surface area (Å²) in [6, 6.07) is 5.64. The molecule has 1 atom stereocenters. The molecule has 0 bridgehead atoms. The Balaban J connectivity index is 0.00000180. The third kappa shape index (κ3) is 4.81. The van der Waals surface area contributed by atoms with Gasteiger partial charge in [0.05, 0.1) is 5.56 Å². The first-order valence-electron chi connectivity index (χ1n) is 6.10. The number of alkyl halides is 3. The first-order valence-corrected chi connectivity index (χ1v) is 6.10. The molecular weight excluding hydrogens is 312 g/mol. The standard InChI is InChI=1S/C13H17F3N2.2ClH/c1-10(18-8-6-17-7-9-18)11-2-4-12(5-3-11)13(14,15)16;;/h2-5,10,17H,6-9H2,1H3;2*1H/t10-;;/m1../s1. The molecule has 0 radical (unpaired) electrons. The highest BCUT2D eigenvalue weighted by Gasteiger charge is 2.30. The van der Waals surface area contributed by atoms with Crippen LogP contribution in [-0.2, 0) is 6.18 Å². The average Bonchev–Trinajstić information content (AvgIpc) is 2.38. The molecule has 0 amide bonds. The summed E-state index contributed by atoms with van der Waals surface area (Å²) < 4.78 is 37.4. The second-order valence-corrected chi connectivity index (χ2v) is 4.58. The minimum atomic E-state index is -4.25. The molecule has 0 spiro atoms. The van der Waals surface area contributed by atoms with Crippen molar-refractivity contribution >= 4 is 24.8 Å². The van der Waals surface area contributed by atoms with Crippen LogP contribution in [0.5, 0.6) is 0 Å². The monoisotopic (exact) mass is 330 g/mol. The van der Waals surface area contributed by atoms with Gasteiger partial charge in [0, 0.05) is 32.2 Å². The first kappa shape index (κ1) is 19.5. The van der Waals surface area contributed by atoms with Gasteiger partial charge in [-0.05, 0) is 24.6 Å². The molecule has 20 heavy (non-hydrogen) atoms. The Morgan fingerprint density at radius 2 is 1.55 bits per heavy atom. The molecule has 1 aliphatic heterocycles. The summed E-state index contributed by atoms with van der Waals surface area (Å²) in [6.45, 7) is 5.77. The number of halogens is 5. The number of hydrogen-bond donors (Lipinski definition) is 1. The summed E-state index contributed by atoms with van der Waals surface area (Å²) in [6.07, 6.45) is -4.25. The summed E-state index contributed by atoms with van der Waals surface area (Å²) in [5.41, 5.74) is 0.351. The summed E-state index contributed by atoms with van der Waals surface area (Å²) >= 11 is 0. The van der Waals surface area contributed by atoms with E-state index >= 15 is 0 Å². The Morgan fingerprint density at radius 1 is 1.05 bits per heavy atom. The summed E-state index contributed by atoms with van der Waals surface area (Å²) in [4.78, 5) is 2.28. The van der Waals surface area contributed by atoms with E-state index in [2.05, 4.69) is 10.2 Å². The lowest BCUT2D eigenvalue weighted by molar-refractivity contribution is -0.137. The highest BCUT2D eigenvalue weighted by Crippen LogP contribution is 2.30. The van der Waals surface area contributed by atoms with E-state index in [0.29, 0.717) is 0 Å². The van der Waals surface area contributed by atoms with E-state index in [1.165, 1.54) is 0 Å². The van der Waals surface area contributed by atoms with Crippen molar-refractivity contribution in [2.45, 2.75) is 19.1 Å². The van der Waals surface area contributed by atoms with Gasteiger partial charge in [0.1, 0.15) is 0 Å². The fraction of sp³-hybridized carbons (Fsp3) is 0.538. The molecule has 116 valence electrons. The number of rotatable bonds is 2. The van der Waals surface area contributed by atoms with Gasteiger partial charge in [-0.1, -0.05) is 12.1 Å². The Morgan fingerprint density at radius 3 is 2.00 bits per heavy atom. The van der Waals surface area contributed by atoms with E-state index in [4.69, 9.17) is 0 Å². The Bertz CT molecular complexity index is 390. The van der Waals surface area contributed by atoms with Crippen molar-refractivity contribution in [1.29, 1.82) is 0 Å². The third-order valence-electron chi connectivity index (χ3n) is 3.42. The van der Waals surface area contributed by atoms with Crippen LogP contribution < -0.4 is 5.32 Å². The average molecular weight is 331 g/mol. The first-order chi connectivity index (χ1) is 8.48. The Kier molecular flexibility index (Phi) is 7.88. The number of piperazine rings is 1. The summed E-state index contributed by atoms with van der Waals surface area (Å²) in [5, 5.41) is 3.26. The van der Waals surface area contributed by atoms with E-state index in [1.54, 1.807) is 12.1 Å². The van der Waals surface area contributed by atoms with Crippen molar-refractivity contribution in [3.8, 4) is 0 Å². The highest BCUT2D eigenvalue weighted by atomic mass is 35.5. The number of benzene rings is 1. The molecule has 1 aromatic rings. The quantitative estimate of drug-likeness (QED) is 0.892. The fourth-order valence-corrected chi connectivity index (χ4v) is 2.23. The zero-order chi connectivity index (χ0) is 13.2. The summed E-state index contributed by atoms with van der Waals surface area (Å²) in [5.74, 6) is 0. The van der Waals surface area contributed by atoms with Gasteiger partial charge in [-0.15, -0.1) is 24.8 Å². The topological polar surface area (TPSA) is 15.3 Å². The number of nitrogens with one attached hydrogen (secondary N) is 1. The van der Waals surface area contributed by atoms with Crippen LogP contribution in [0.15, 0.2) is 24.3 Å². The van der Waals surface area contributed by atoms with Crippen LogP contribution >= 0.6 is 24.8 Å². The van der Waals surface area contributed by atoms with Gasteiger partial charge in [0.25, 0.3) is 0 Å². The van der Waals surface area contributed by atoms with Gasteiger partial charge >= 0.3 is 6.18 Å². The smallest absolute Gasteiger partial charge is 0.314 e. The largest absolute Gasteiger partial charge is 0.416 e. The van der Waals surface area contributed by atoms with E-state index in [1.807, 2.05) is 6.92 Å². The van der Waals surface area contributed by atoms with Crippen LogP contribution in [0.25, 0.3) is 0 Å². The molecule has 1 saturated heterocycles. The lowest BCUT2D eigenvalue weighted by Gasteiger charge is -2.33. The van der Waals surface area contributed by atoms with Crippen LogP contribution in [0.4, 0.5) is 13.2 Å². The predicted octanol–water partition coefficient (Wildman–Crippen LogP) is 3.52. The SMILES string of the molecule is C[C@H](c1ccc(C(F)(F)F)cc1)N1CCNCC1.Cl.Cl. The molecule has 0 aromatic heterocycles. The van der Waals surface area contributed by atoms with Crippen LogP contribution in [0.1, 0.15) is 24.1 Å². The van der Waals surface area contributed by atoms with E-state index in [-0.39, 0.29) is 30.9 Å². The van der Waals surface area contributed by atoms with Crippen molar-refractivity contribution in [1.82, 2.24) is 10.2 Å². The molecule has 7 heteroatoms. The van der Waals surface area contributed by atoms with Crippen molar-refractivity contribution in [3.05, 3.63) is 35.4 Å². The molecule has 2 rings (SSSR count). The molecule has 1 aromatic carbocycles. The molecule has 1 fully saturated rings. The second-order valence-electron chi connectivity index (χ2n) is 4.58. The second kappa shape index (κ2) is 8.08. The van der Waals surface area contributed by atoms with Crippen molar-refractivity contribution in [2.75, 3.05) is 26.2 Å². The molecular formula is C13H19Cl2F3N2. The van der Waals surface area contributed by atoms with Gasteiger partial charge in [-0.3, -0.25) is 4.90 Å². The van der Waals surface area contributed by atoms with Crippen LogP contribution in [0.2, 0.25) is 0 Å². The van der Waals surface area contributed by atoms with E-state index in [0.717, 1.165) is 43.9 Å². The molecule has 0 aliphatic carbocycles. The molecule has 2 nitrogen and oxygen atoms in total. The zero-order valence-electron chi connectivity index (χ0n) is 11.1. The number of nitrogens with zero attached hydrogens (tertiary/aromatic N) is 1. The number of hydrogen-bond acceptors (Lipinski definition) is 2. The summed E-state index contributed by atoms with van der Waals surface area (Å²) in [7, 11) is 0. The van der Waals surface area contributed by atoms with Gasteiger partial charge < -0.3 is 5.32 Å². The predicted molar refractivity (Wildman–Crippen MR) is 78.8 cm³/mol. The Labute approximate surface area is 129 Å². The van der Waals surface area contributed by atoms with Gasteiger partial charge in [-0.25, -0.2) is 0 Å². The maximum absolute atomic E-state index is 12.5. The maximum Gasteiger partial charge on any atom is 0.416 e. The minimum Gasteiger partial charge on any atom is -0.314 e. The molecule has 0 unspecified atom stereocenters. The van der Waals surface area contributed by atoms with Crippen LogP contribution in [0.3, 0.4) is 0 Å². The van der Waals surface area contributed by atoms with Crippen molar-refractivity contribution in [3.63, 3.8) is 0 Å². The normalized spacial score (nSPS) is 17.8. The third-order valence-corrected chi connectivity index (χ3v) is 3.42. The lowest BCUT2D eigenvalue weighted by Crippen LogP contribution is -2.44. The van der Waals surface area contributed by atoms with Gasteiger partial charge in [0.15, 0.2) is 0 Å². The van der Waals surface area contributed by atoms with Crippen molar-refractivity contribution < 1.29 is 13.2 Å².